The first kappa shape index (κ1) is 30.6. The molecular formula is C34H28ClN3O5S. The molecule has 1 unspecified atom stereocenters. The Balaban J connectivity index is 1.84. The number of ether oxygens (including phenoxy) is 1. The van der Waals surface area contributed by atoms with E-state index in [4.69, 9.17) is 22.1 Å². The third-order valence-corrected chi connectivity index (χ3v) is 8.43. The van der Waals surface area contributed by atoms with Gasteiger partial charge in [0.1, 0.15) is 5.82 Å². The van der Waals surface area contributed by atoms with Crippen molar-refractivity contribution in [2.75, 3.05) is 11.5 Å². The zero-order valence-corrected chi connectivity index (χ0v) is 25.3. The molecular weight excluding hydrogens is 598 g/mol. The van der Waals surface area contributed by atoms with Gasteiger partial charge in [-0.25, -0.2) is 4.79 Å². The van der Waals surface area contributed by atoms with Crippen LogP contribution in [-0.4, -0.2) is 23.3 Å². The molecule has 8 nitrogen and oxygen atoms in total. The molecule has 1 aliphatic heterocycles. The lowest BCUT2D eigenvalue weighted by atomic mass is 9.79. The monoisotopic (exact) mass is 625 g/mol. The van der Waals surface area contributed by atoms with Crippen LogP contribution >= 0.6 is 23.4 Å². The summed E-state index contributed by atoms with van der Waals surface area (Å²) in [6.45, 7) is 1.73. The fourth-order valence-corrected chi connectivity index (χ4v) is 6.36. The van der Waals surface area contributed by atoms with Crippen molar-refractivity contribution in [2.24, 2.45) is 5.73 Å². The van der Waals surface area contributed by atoms with Crippen LogP contribution in [0, 0.1) is 10.1 Å². The summed E-state index contributed by atoms with van der Waals surface area (Å²) in [4.78, 5) is 41.4. The zero-order valence-electron chi connectivity index (χ0n) is 23.7. The molecule has 10 heteroatoms. The van der Waals surface area contributed by atoms with Crippen LogP contribution in [0.15, 0.2) is 131 Å². The van der Waals surface area contributed by atoms with Gasteiger partial charge < -0.3 is 10.5 Å². The second-order valence-corrected chi connectivity index (χ2v) is 11.2. The van der Waals surface area contributed by atoms with Crippen molar-refractivity contribution >= 4 is 46.5 Å². The lowest BCUT2D eigenvalue weighted by Gasteiger charge is -2.38. The molecule has 0 amide bonds. The summed E-state index contributed by atoms with van der Waals surface area (Å²) in [6.07, 6.45) is 0. The highest BCUT2D eigenvalue weighted by atomic mass is 35.5. The highest BCUT2D eigenvalue weighted by Crippen LogP contribution is 2.48. The average molecular weight is 626 g/mol. The van der Waals surface area contributed by atoms with Crippen molar-refractivity contribution in [3.05, 3.63) is 163 Å². The van der Waals surface area contributed by atoms with E-state index >= 15 is 0 Å². The second-order valence-electron chi connectivity index (χ2n) is 9.80. The maximum Gasteiger partial charge on any atom is 0.338 e. The number of rotatable bonds is 10. The van der Waals surface area contributed by atoms with Crippen LogP contribution in [0.25, 0.3) is 0 Å². The topological polar surface area (TPSA) is 116 Å². The molecule has 0 fully saturated rings. The molecule has 1 aliphatic rings. The van der Waals surface area contributed by atoms with Gasteiger partial charge in [-0.05, 0) is 54.4 Å². The Morgan fingerprint density at radius 2 is 1.59 bits per heavy atom. The van der Waals surface area contributed by atoms with Crippen LogP contribution in [0.2, 0.25) is 5.02 Å². The Labute approximate surface area is 263 Å². The van der Waals surface area contributed by atoms with E-state index in [0.29, 0.717) is 32.6 Å². The van der Waals surface area contributed by atoms with Crippen molar-refractivity contribution in [3.63, 3.8) is 0 Å². The number of carbonyl (C=O) groups excluding carboxylic acids is 2. The van der Waals surface area contributed by atoms with E-state index in [2.05, 4.69) is 0 Å². The number of hydrogen-bond donors (Lipinski definition) is 1. The fourth-order valence-electron chi connectivity index (χ4n) is 5.04. The molecule has 2 N–H and O–H groups in total. The van der Waals surface area contributed by atoms with Gasteiger partial charge in [0, 0.05) is 39.7 Å². The Kier molecular flexibility index (Phi) is 9.47. The summed E-state index contributed by atoms with van der Waals surface area (Å²) in [5.74, 6) is -1.65. The van der Waals surface area contributed by atoms with E-state index in [1.54, 1.807) is 42.2 Å². The van der Waals surface area contributed by atoms with Crippen LogP contribution < -0.4 is 10.6 Å². The summed E-state index contributed by atoms with van der Waals surface area (Å²) in [5.41, 5.74) is 9.25. The number of nitrogens with two attached hydrogens (primary N) is 1. The number of hydrogen-bond acceptors (Lipinski definition) is 8. The molecule has 0 radical (unpaired) electrons. The maximum atomic E-state index is 14.7. The largest absolute Gasteiger partial charge is 0.463 e. The number of para-hydroxylation sites is 1. The standard InChI is InChI=1S/C34H28ClN3O5S/c1-2-43-34(40)30-28(24-12-9-15-27(20-24)38(41)42)29(31(39)23-16-18-25(35)19-17-23)33(44-21-22-10-5-3-6-11-22)37(32(30)36)26-13-7-4-8-14-26/h3-20,28H,2,21,36H2,1H3. The molecule has 1 atom stereocenters. The number of ketones is 1. The highest BCUT2D eigenvalue weighted by Gasteiger charge is 2.43. The first-order valence-electron chi connectivity index (χ1n) is 13.8. The molecule has 0 aromatic heterocycles. The third kappa shape index (κ3) is 6.39. The van der Waals surface area contributed by atoms with Crippen molar-refractivity contribution in [1.29, 1.82) is 0 Å². The Hall–Kier alpha value is -4.86. The molecule has 0 saturated carbocycles. The van der Waals surface area contributed by atoms with Gasteiger partial charge in [0.2, 0.25) is 0 Å². The number of allylic oxidation sites excluding steroid dienone is 1. The smallest absolute Gasteiger partial charge is 0.338 e. The third-order valence-electron chi connectivity index (χ3n) is 7.02. The van der Waals surface area contributed by atoms with Crippen LogP contribution in [0.4, 0.5) is 11.4 Å². The quantitative estimate of drug-likeness (QED) is 0.0828. The van der Waals surface area contributed by atoms with E-state index in [1.807, 2.05) is 60.7 Å². The van der Waals surface area contributed by atoms with Gasteiger partial charge in [0.25, 0.3) is 5.69 Å². The van der Waals surface area contributed by atoms with Gasteiger partial charge in [-0.2, -0.15) is 0 Å². The Bertz CT molecular complexity index is 1760. The van der Waals surface area contributed by atoms with Crippen LogP contribution in [-0.2, 0) is 15.3 Å². The molecule has 4 aromatic rings. The van der Waals surface area contributed by atoms with Gasteiger partial charge in [-0.3, -0.25) is 19.8 Å². The minimum absolute atomic E-state index is 0.0116. The summed E-state index contributed by atoms with van der Waals surface area (Å²) in [6, 6.07) is 31.3. The molecule has 222 valence electrons. The minimum Gasteiger partial charge on any atom is -0.463 e. The number of non-ortho nitro benzene ring substituents is 1. The predicted molar refractivity (Wildman–Crippen MR) is 173 cm³/mol. The van der Waals surface area contributed by atoms with E-state index < -0.39 is 16.8 Å². The Morgan fingerprint density at radius 3 is 2.23 bits per heavy atom. The molecule has 0 saturated heterocycles. The number of Topliss-reactive ketones (excluding diaryl/α,β-unsaturated/α-hetero) is 1. The Morgan fingerprint density at radius 1 is 0.932 bits per heavy atom. The normalized spacial score (nSPS) is 14.9. The summed E-state index contributed by atoms with van der Waals surface area (Å²) in [7, 11) is 0. The van der Waals surface area contributed by atoms with Gasteiger partial charge in [0.05, 0.1) is 28.1 Å². The van der Waals surface area contributed by atoms with Crippen LogP contribution in [0.1, 0.15) is 34.3 Å². The SMILES string of the molecule is CCOC(=O)C1=C(N)N(c2ccccc2)C(SCc2ccccc2)=C(C(=O)c2ccc(Cl)cc2)C1c1cccc([N+](=O)[O-])c1. The summed E-state index contributed by atoms with van der Waals surface area (Å²) >= 11 is 7.54. The lowest BCUT2D eigenvalue weighted by molar-refractivity contribution is -0.384. The predicted octanol–water partition coefficient (Wildman–Crippen LogP) is 7.61. The zero-order chi connectivity index (χ0) is 31.2. The van der Waals surface area contributed by atoms with E-state index in [-0.39, 0.29) is 35.0 Å². The highest BCUT2D eigenvalue weighted by molar-refractivity contribution is 8.02. The van der Waals surface area contributed by atoms with Crippen molar-refractivity contribution in [1.82, 2.24) is 0 Å². The number of benzene rings is 4. The number of nitrogens with zero attached hydrogens (tertiary/aromatic N) is 2. The fraction of sp³-hybridized carbons (Fsp3) is 0.118. The number of halogens is 1. The van der Waals surface area contributed by atoms with Gasteiger partial charge in [-0.1, -0.05) is 72.3 Å². The van der Waals surface area contributed by atoms with Crippen molar-refractivity contribution in [3.8, 4) is 0 Å². The molecule has 0 spiro atoms. The number of nitro groups is 1. The number of anilines is 1. The lowest BCUT2D eigenvalue weighted by Crippen LogP contribution is -2.39. The number of thioether (sulfide) groups is 1. The van der Waals surface area contributed by atoms with E-state index in [9.17, 15) is 19.7 Å². The second kappa shape index (κ2) is 13.6. The molecule has 0 bridgehead atoms. The number of esters is 1. The van der Waals surface area contributed by atoms with Crippen LogP contribution in [0.5, 0.6) is 0 Å². The molecule has 44 heavy (non-hydrogen) atoms. The molecule has 1 heterocycles. The van der Waals surface area contributed by atoms with Crippen molar-refractivity contribution < 1.29 is 19.2 Å². The molecule has 0 aliphatic carbocycles. The number of nitro benzene ring substituents is 1. The van der Waals surface area contributed by atoms with Crippen LogP contribution in [0.3, 0.4) is 0 Å². The first-order valence-corrected chi connectivity index (χ1v) is 15.1. The summed E-state index contributed by atoms with van der Waals surface area (Å²) < 4.78 is 5.48. The molecule has 5 rings (SSSR count). The van der Waals surface area contributed by atoms with Gasteiger partial charge >= 0.3 is 5.97 Å². The average Bonchev–Trinajstić information content (AvgIpc) is 3.04. The number of carbonyl (C=O) groups is 2. The summed E-state index contributed by atoms with van der Waals surface area (Å²) in [5, 5.41) is 12.8. The van der Waals surface area contributed by atoms with Crippen molar-refractivity contribution in [2.45, 2.75) is 18.6 Å². The first-order chi connectivity index (χ1) is 21.3. The minimum atomic E-state index is -1.07. The van der Waals surface area contributed by atoms with Gasteiger partial charge in [-0.15, -0.1) is 11.8 Å². The van der Waals surface area contributed by atoms with Gasteiger partial charge in [0.15, 0.2) is 5.78 Å². The maximum absolute atomic E-state index is 14.7. The van der Waals surface area contributed by atoms with E-state index in [0.717, 1.165) is 5.56 Å². The van der Waals surface area contributed by atoms with E-state index in [1.165, 1.54) is 30.0 Å². The molecule has 4 aromatic carbocycles.